The second-order valence-corrected chi connectivity index (χ2v) is 27.3. The van der Waals surface area contributed by atoms with Crippen molar-refractivity contribution >= 4 is 41.1 Å². The molecule has 0 unspecified atom stereocenters. The SMILES string of the molecule is [S]([Al]([S]C12C3C4C5C3C1C5C42)[S]C12C3C4C5C3C1C5C42)C12C3C4C5C3C1C5C42. The molecule has 0 atom stereocenters. The van der Waals surface area contributed by atoms with Crippen LogP contribution in [0.25, 0.3) is 0 Å². The highest BCUT2D eigenvalue weighted by Crippen LogP contribution is 3.09. The monoisotopic (exact) mass is 432 g/mol. The lowest BCUT2D eigenvalue weighted by atomic mass is 9.01. The molecule has 0 N–H and O–H groups in total. The van der Waals surface area contributed by atoms with Gasteiger partial charge in [0.05, 0.1) is 0 Å². The lowest BCUT2D eigenvalue weighted by molar-refractivity contribution is -0.545. The van der Waals surface area contributed by atoms with Gasteiger partial charge in [0, 0.05) is 14.2 Å². The summed E-state index contributed by atoms with van der Waals surface area (Å²) in [5, 5.41) is 0. The van der Waals surface area contributed by atoms with Crippen molar-refractivity contribution in [3.63, 3.8) is 0 Å². The first kappa shape index (κ1) is 12.7. The number of rotatable bonds is 6. The minimum atomic E-state index is -0.730. The molecule has 0 spiro atoms. The van der Waals surface area contributed by atoms with Gasteiger partial charge in [0.25, 0.3) is 0 Å². The summed E-state index contributed by atoms with van der Waals surface area (Å²) in [5.41, 5.74) is 0. The average Bonchev–Trinajstić information content (AvgIpc) is 2.74. The molecule has 18 rings (SSSR count). The van der Waals surface area contributed by atoms with Crippen LogP contribution in [0.15, 0.2) is 0 Å². The minimum Gasteiger partial charge on any atom is -0.223 e. The molecule has 0 aliphatic heterocycles. The van der Waals surface area contributed by atoms with Crippen LogP contribution in [0.2, 0.25) is 0 Å². The second-order valence-electron chi connectivity index (χ2n) is 14.9. The summed E-state index contributed by atoms with van der Waals surface area (Å²) < 4.78 is 2.88. The Kier molecular flexibility index (Phi) is 1.26. The van der Waals surface area contributed by atoms with Crippen LogP contribution < -0.4 is 0 Å². The molecule has 28 heavy (non-hydrogen) atoms. The molecule has 0 saturated heterocycles. The van der Waals surface area contributed by atoms with Crippen LogP contribution in [0.5, 0.6) is 0 Å². The molecule has 18 saturated carbocycles. The maximum atomic E-state index is 2.82. The third kappa shape index (κ3) is 0.611. The molecule has 18 aliphatic carbocycles. The van der Waals surface area contributed by atoms with Crippen molar-refractivity contribution in [2.45, 2.75) is 14.2 Å². The third-order valence-electron chi connectivity index (χ3n) is 17.1. The molecule has 0 bridgehead atoms. The van der Waals surface area contributed by atoms with E-state index < -0.39 is 10.8 Å². The maximum absolute atomic E-state index is 2.82. The molecule has 0 aromatic heterocycles. The molecular formula is C24H21AlS3. The maximum Gasteiger partial charge on any atom is 0.516 e. The minimum absolute atomic E-state index is 0.730. The van der Waals surface area contributed by atoms with Gasteiger partial charge in [0.1, 0.15) is 0 Å². The Morgan fingerprint density at radius 2 is 0.536 bits per heavy atom. The summed E-state index contributed by atoms with van der Waals surface area (Å²) in [6, 6.07) is 0. The lowest BCUT2D eigenvalue weighted by Gasteiger charge is -3.09. The van der Waals surface area contributed by atoms with E-state index in [9.17, 15) is 0 Å². The number of hydrogen-bond acceptors (Lipinski definition) is 3. The summed E-state index contributed by atoms with van der Waals surface area (Å²) >= 11 is 0. The summed E-state index contributed by atoms with van der Waals surface area (Å²) in [5.74, 6) is 27.4. The third-order valence-corrected chi connectivity index (χ3v) is 31.9. The van der Waals surface area contributed by atoms with Crippen LogP contribution >= 0.6 is 30.4 Å². The quantitative estimate of drug-likeness (QED) is 0.590. The van der Waals surface area contributed by atoms with Crippen LogP contribution in [-0.4, -0.2) is 25.0 Å². The van der Waals surface area contributed by atoms with E-state index in [0.717, 1.165) is 14.2 Å². The fraction of sp³-hybridized carbons (Fsp3) is 1.00. The highest BCUT2D eigenvalue weighted by Gasteiger charge is 3.07. The topological polar surface area (TPSA) is 0 Å². The molecule has 138 valence electrons. The molecular weight excluding hydrogens is 411 g/mol. The Bertz CT molecular complexity index is 839. The van der Waals surface area contributed by atoms with Gasteiger partial charge in [-0.1, -0.05) is 0 Å². The molecule has 0 nitrogen and oxygen atoms in total. The highest BCUT2D eigenvalue weighted by atomic mass is 32.6. The summed E-state index contributed by atoms with van der Waals surface area (Å²) in [4.78, 5) is 0. The molecule has 4 heteroatoms. The van der Waals surface area contributed by atoms with Crippen LogP contribution in [0.3, 0.4) is 0 Å². The van der Waals surface area contributed by atoms with Gasteiger partial charge in [0.15, 0.2) is 0 Å². The van der Waals surface area contributed by atoms with Crippen molar-refractivity contribution in [2.75, 3.05) is 0 Å². The summed E-state index contributed by atoms with van der Waals surface area (Å²) in [7, 11) is 7.73. The molecule has 0 aromatic carbocycles. The molecule has 0 heterocycles. The van der Waals surface area contributed by atoms with E-state index in [4.69, 9.17) is 0 Å². The smallest absolute Gasteiger partial charge is 0.223 e. The normalized spacial score (nSPS) is 104. The molecule has 0 amide bonds. The van der Waals surface area contributed by atoms with Crippen LogP contribution in [0, 0.1) is 124 Å². The molecule has 0 aromatic rings. The average molecular weight is 433 g/mol. The van der Waals surface area contributed by atoms with Gasteiger partial charge < -0.3 is 0 Å². The van der Waals surface area contributed by atoms with Gasteiger partial charge in [-0.05, 0) is 124 Å². The van der Waals surface area contributed by atoms with Gasteiger partial charge in [-0.15, -0.1) is 0 Å². The zero-order valence-electron chi connectivity index (χ0n) is 15.4. The van der Waals surface area contributed by atoms with Crippen molar-refractivity contribution in [1.29, 1.82) is 0 Å². The van der Waals surface area contributed by atoms with Crippen LogP contribution in [-0.2, 0) is 0 Å². The van der Waals surface area contributed by atoms with Crippen molar-refractivity contribution in [3.05, 3.63) is 0 Å². The Morgan fingerprint density at radius 1 is 0.321 bits per heavy atom. The van der Waals surface area contributed by atoms with Gasteiger partial charge >= 0.3 is 10.8 Å². The van der Waals surface area contributed by atoms with E-state index in [2.05, 4.69) is 30.4 Å². The van der Waals surface area contributed by atoms with Crippen LogP contribution in [0.4, 0.5) is 0 Å². The predicted molar refractivity (Wildman–Crippen MR) is 110 cm³/mol. The van der Waals surface area contributed by atoms with E-state index in [-0.39, 0.29) is 0 Å². The molecule has 0 radical (unpaired) electrons. The van der Waals surface area contributed by atoms with Gasteiger partial charge in [-0.2, -0.15) is 0 Å². The first-order chi connectivity index (χ1) is 13.9. The van der Waals surface area contributed by atoms with Crippen molar-refractivity contribution in [3.8, 4) is 0 Å². The van der Waals surface area contributed by atoms with E-state index in [0.29, 0.717) is 0 Å². The lowest BCUT2D eigenvalue weighted by Crippen LogP contribution is -3.09. The standard InChI is InChI=1S/3C8H8S.Al/c3*9-8-5-2-1-3(5)7(8)4(1)6(2)8;/h3*1-7,9H;/q;;;+3/p-3. The number of hydrogen-bond donors (Lipinski definition) is 0. The van der Waals surface area contributed by atoms with Crippen molar-refractivity contribution < 1.29 is 0 Å². The van der Waals surface area contributed by atoms with Crippen molar-refractivity contribution in [2.24, 2.45) is 124 Å². The Hall–Kier alpha value is 1.58. The van der Waals surface area contributed by atoms with Gasteiger partial charge in [-0.25, -0.2) is 30.4 Å². The highest BCUT2D eigenvalue weighted by molar-refractivity contribution is 8.77. The fourth-order valence-electron chi connectivity index (χ4n) is 17.3. The van der Waals surface area contributed by atoms with E-state index in [1.165, 1.54) is 124 Å². The van der Waals surface area contributed by atoms with E-state index in [1.807, 2.05) is 0 Å². The molecule has 18 aliphatic rings. The zero-order chi connectivity index (χ0) is 16.3. The first-order valence-corrected chi connectivity index (χ1v) is 19.8. The largest absolute Gasteiger partial charge is 0.516 e. The van der Waals surface area contributed by atoms with Gasteiger partial charge in [0.2, 0.25) is 0 Å². The van der Waals surface area contributed by atoms with E-state index in [1.54, 1.807) is 0 Å². The zero-order valence-corrected chi connectivity index (χ0v) is 19.0. The Labute approximate surface area is 178 Å². The summed E-state index contributed by atoms with van der Waals surface area (Å²) in [6.07, 6.45) is 0. The van der Waals surface area contributed by atoms with Crippen molar-refractivity contribution in [1.82, 2.24) is 0 Å². The summed E-state index contributed by atoms with van der Waals surface area (Å²) in [6.45, 7) is 0. The van der Waals surface area contributed by atoms with E-state index >= 15 is 0 Å². The fourth-order valence-corrected chi connectivity index (χ4v) is 40.6. The van der Waals surface area contributed by atoms with Gasteiger partial charge in [-0.3, -0.25) is 0 Å². The molecule has 18 fully saturated rings. The predicted octanol–water partition coefficient (Wildman–Crippen LogP) is 3.53. The van der Waals surface area contributed by atoms with Crippen LogP contribution in [0.1, 0.15) is 0 Å². The first-order valence-electron chi connectivity index (χ1n) is 12.9. The Balaban J connectivity index is 0.851. The second kappa shape index (κ2) is 2.77. The Morgan fingerprint density at radius 3 is 0.750 bits per heavy atom.